The fourth-order valence-electron chi connectivity index (χ4n) is 4.92. The van der Waals surface area contributed by atoms with Crippen LogP contribution in [0, 0.1) is 0 Å². The number of hydrogen-bond acceptors (Lipinski definition) is 5. The molecule has 0 aliphatic carbocycles. The number of hydrogen-bond donors (Lipinski definition) is 1. The van der Waals surface area contributed by atoms with Crippen molar-refractivity contribution in [3.8, 4) is 11.1 Å². The summed E-state index contributed by atoms with van der Waals surface area (Å²) in [5, 5.41) is 16.4. The van der Waals surface area contributed by atoms with E-state index in [9.17, 15) is 14.7 Å². The van der Waals surface area contributed by atoms with Crippen molar-refractivity contribution in [3.63, 3.8) is 0 Å². The second-order valence-corrected chi connectivity index (χ2v) is 9.41. The molecule has 0 saturated carbocycles. The van der Waals surface area contributed by atoms with Gasteiger partial charge in [0.25, 0.3) is 11.5 Å². The van der Waals surface area contributed by atoms with Gasteiger partial charge < -0.3 is 10.0 Å². The number of piperidine rings is 1. The summed E-state index contributed by atoms with van der Waals surface area (Å²) in [4.78, 5) is 31.9. The van der Waals surface area contributed by atoms with E-state index in [1.807, 2.05) is 48.5 Å². The lowest BCUT2D eigenvalue weighted by Gasteiger charge is -2.38. The highest BCUT2D eigenvalue weighted by atomic mass is 16.3. The molecule has 0 radical (unpaired) electrons. The van der Waals surface area contributed by atoms with Crippen LogP contribution in [0.1, 0.15) is 23.2 Å². The summed E-state index contributed by atoms with van der Waals surface area (Å²) in [6.45, 7) is 0.993. The largest absolute Gasteiger partial charge is 0.388 e. The van der Waals surface area contributed by atoms with Crippen LogP contribution >= 0.6 is 0 Å². The van der Waals surface area contributed by atoms with Crippen molar-refractivity contribution < 1.29 is 9.90 Å². The van der Waals surface area contributed by atoms with Crippen LogP contribution in [-0.2, 0) is 6.54 Å². The smallest absolute Gasteiger partial charge is 0.277 e. The monoisotopic (exact) mass is 479 g/mol. The summed E-state index contributed by atoms with van der Waals surface area (Å²) >= 11 is 0. The molecule has 2 aromatic carbocycles. The number of amides is 1. The van der Waals surface area contributed by atoms with Gasteiger partial charge >= 0.3 is 0 Å². The Bertz CT molecular complexity index is 1630. The van der Waals surface area contributed by atoms with Gasteiger partial charge in [0.05, 0.1) is 17.7 Å². The Labute approximate surface area is 207 Å². The summed E-state index contributed by atoms with van der Waals surface area (Å²) in [5.74, 6) is -0.0558. The molecule has 5 aromatic rings. The van der Waals surface area contributed by atoms with Gasteiger partial charge in [0, 0.05) is 36.4 Å². The summed E-state index contributed by atoms with van der Waals surface area (Å²) in [7, 11) is 0. The normalized spacial score (nSPS) is 15.4. The molecular weight excluding hydrogens is 454 g/mol. The van der Waals surface area contributed by atoms with Gasteiger partial charge in [-0.3, -0.25) is 19.1 Å². The zero-order chi connectivity index (χ0) is 24.7. The number of rotatable bonds is 4. The SMILES string of the molecule is O=C(c1ccc(-c2ccc3ncccc3c2)cc1)N1CCC(O)(Cn2cnn3cccc3c2=O)CC1. The third-order valence-electron chi connectivity index (χ3n) is 7.04. The summed E-state index contributed by atoms with van der Waals surface area (Å²) in [5.41, 5.74) is 2.88. The van der Waals surface area contributed by atoms with Gasteiger partial charge in [-0.15, -0.1) is 0 Å². The first kappa shape index (κ1) is 22.2. The Morgan fingerprint density at radius 1 is 0.972 bits per heavy atom. The quantitative estimate of drug-likeness (QED) is 0.427. The summed E-state index contributed by atoms with van der Waals surface area (Å²) in [6.07, 6.45) is 5.73. The predicted molar refractivity (Wildman–Crippen MR) is 137 cm³/mol. The van der Waals surface area contributed by atoms with Crippen molar-refractivity contribution in [3.05, 3.63) is 101 Å². The van der Waals surface area contributed by atoms with E-state index in [0.29, 0.717) is 37.0 Å². The summed E-state index contributed by atoms with van der Waals surface area (Å²) in [6, 6.07) is 21.2. The Kier molecular flexibility index (Phi) is 5.38. The predicted octanol–water partition coefficient (Wildman–Crippen LogP) is 3.38. The number of aliphatic hydroxyl groups is 1. The minimum absolute atomic E-state index is 0.0558. The average Bonchev–Trinajstić information content (AvgIpc) is 3.40. The van der Waals surface area contributed by atoms with E-state index in [2.05, 4.69) is 16.1 Å². The van der Waals surface area contributed by atoms with E-state index in [1.54, 1.807) is 29.4 Å². The van der Waals surface area contributed by atoms with Crippen molar-refractivity contribution >= 4 is 22.3 Å². The molecule has 0 spiro atoms. The van der Waals surface area contributed by atoms with E-state index in [1.165, 1.54) is 15.4 Å². The van der Waals surface area contributed by atoms with Gasteiger partial charge in [0.15, 0.2) is 0 Å². The maximum absolute atomic E-state index is 13.1. The minimum atomic E-state index is -1.07. The lowest BCUT2D eigenvalue weighted by atomic mass is 9.90. The van der Waals surface area contributed by atoms with Crippen molar-refractivity contribution in [1.29, 1.82) is 0 Å². The maximum atomic E-state index is 13.1. The van der Waals surface area contributed by atoms with Crippen LogP contribution in [-0.4, -0.2) is 53.8 Å². The molecule has 1 aliphatic heterocycles. The first-order valence-electron chi connectivity index (χ1n) is 12.0. The summed E-state index contributed by atoms with van der Waals surface area (Å²) < 4.78 is 2.97. The van der Waals surface area contributed by atoms with Gasteiger partial charge in [-0.05, 0) is 66.4 Å². The fourth-order valence-corrected chi connectivity index (χ4v) is 4.92. The molecule has 0 bridgehead atoms. The molecule has 6 rings (SSSR count). The number of carbonyl (C=O) groups excluding carboxylic acids is 1. The third kappa shape index (κ3) is 4.05. The zero-order valence-electron chi connectivity index (χ0n) is 19.6. The molecule has 1 amide bonds. The maximum Gasteiger partial charge on any atom is 0.277 e. The molecule has 1 N–H and O–H groups in total. The second kappa shape index (κ2) is 8.73. The Morgan fingerprint density at radius 2 is 1.75 bits per heavy atom. The second-order valence-electron chi connectivity index (χ2n) is 9.41. The van der Waals surface area contributed by atoms with E-state index in [-0.39, 0.29) is 18.0 Å². The highest BCUT2D eigenvalue weighted by molar-refractivity contribution is 5.95. The van der Waals surface area contributed by atoms with Crippen LogP contribution < -0.4 is 5.56 Å². The average molecular weight is 480 g/mol. The number of carbonyl (C=O) groups is 1. The van der Waals surface area contributed by atoms with Gasteiger partial charge in [0.2, 0.25) is 0 Å². The van der Waals surface area contributed by atoms with Gasteiger partial charge in [-0.1, -0.05) is 24.3 Å². The van der Waals surface area contributed by atoms with E-state index in [0.717, 1.165) is 22.0 Å². The zero-order valence-corrected chi connectivity index (χ0v) is 19.6. The van der Waals surface area contributed by atoms with Gasteiger partial charge in [-0.25, -0.2) is 4.52 Å². The van der Waals surface area contributed by atoms with E-state index < -0.39 is 5.60 Å². The molecule has 1 aliphatic rings. The number of aromatic nitrogens is 4. The molecule has 8 heteroatoms. The van der Waals surface area contributed by atoms with Crippen molar-refractivity contribution in [1.82, 2.24) is 24.1 Å². The van der Waals surface area contributed by atoms with Crippen LogP contribution in [0.3, 0.4) is 0 Å². The van der Waals surface area contributed by atoms with Crippen LogP contribution in [0.4, 0.5) is 0 Å². The first-order chi connectivity index (χ1) is 17.5. The van der Waals surface area contributed by atoms with Crippen molar-refractivity contribution in [2.24, 2.45) is 0 Å². The number of benzene rings is 2. The van der Waals surface area contributed by atoms with E-state index >= 15 is 0 Å². The molecule has 4 heterocycles. The van der Waals surface area contributed by atoms with Crippen LogP contribution in [0.2, 0.25) is 0 Å². The topological polar surface area (TPSA) is 92.7 Å². The first-order valence-corrected chi connectivity index (χ1v) is 12.0. The van der Waals surface area contributed by atoms with Gasteiger partial charge in [-0.2, -0.15) is 5.10 Å². The number of likely N-dealkylation sites (tertiary alicyclic amines) is 1. The Balaban J connectivity index is 1.13. The van der Waals surface area contributed by atoms with Crippen LogP contribution in [0.15, 0.2) is 90.2 Å². The molecule has 0 unspecified atom stereocenters. The lowest BCUT2D eigenvalue weighted by molar-refractivity contribution is -0.0300. The third-order valence-corrected chi connectivity index (χ3v) is 7.04. The molecule has 36 heavy (non-hydrogen) atoms. The van der Waals surface area contributed by atoms with Crippen LogP contribution in [0.5, 0.6) is 0 Å². The lowest BCUT2D eigenvalue weighted by Crippen LogP contribution is -2.49. The van der Waals surface area contributed by atoms with Crippen LogP contribution in [0.25, 0.3) is 27.5 Å². The Morgan fingerprint density at radius 3 is 2.56 bits per heavy atom. The molecular formula is C28H25N5O3. The minimum Gasteiger partial charge on any atom is -0.388 e. The van der Waals surface area contributed by atoms with Gasteiger partial charge in [0.1, 0.15) is 11.8 Å². The number of nitrogens with zero attached hydrogens (tertiary/aromatic N) is 5. The van der Waals surface area contributed by atoms with Crippen molar-refractivity contribution in [2.45, 2.75) is 25.0 Å². The molecule has 1 saturated heterocycles. The van der Waals surface area contributed by atoms with E-state index in [4.69, 9.17) is 0 Å². The molecule has 8 nitrogen and oxygen atoms in total. The highest BCUT2D eigenvalue weighted by Gasteiger charge is 2.35. The molecule has 180 valence electrons. The molecule has 1 fully saturated rings. The number of fused-ring (bicyclic) bond motifs is 2. The number of pyridine rings is 1. The molecule has 0 atom stereocenters. The van der Waals surface area contributed by atoms with Crippen molar-refractivity contribution in [2.75, 3.05) is 13.1 Å². The standard InChI is InChI=1S/C28H25N5O3/c34-26(21-7-5-20(6-8-21)22-9-10-24-23(17-22)3-1-13-29-24)31-15-11-28(36,12-16-31)18-32-19-30-33-14-2-4-25(33)27(32)35/h1-10,13-14,17,19,36H,11-12,15-16,18H2. The fraction of sp³-hybridized carbons (Fsp3) is 0.214. The molecule has 3 aromatic heterocycles. The Hall–Kier alpha value is -4.30. The highest BCUT2D eigenvalue weighted by Crippen LogP contribution is 2.27.